The molecular formula is C12H12F3N5O. The SMILES string of the molecule is N#C/C(=N\Nc1ccc(COCC(F)(F)F)cc1)C(=N)N. The van der Waals surface area contributed by atoms with E-state index in [9.17, 15) is 13.2 Å². The first kappa shape index (κ1) is 16.5. The molecule has 4 N–H and O–H groups in total. The number of hydrazone groups is 1. The highest BCUT2D eigenvalue weighted by molar-refractivity contribution is 6.45. The number of anilines is 1. The van der Waals surface area contributed by atoms with Crippen LogP contribution in [0, 0.1) is 16.7 Å². The van der Waals surface area contributed by atoms with Gasteiger partial charge in [-0.2, -0.15) is 23.5 Å². The van der Waals surface area contributed by atoms with Crippen LogP contribution in [0.4, 0.5) is 18.9 Å². The number of benzene rings is 1. The van der Waals surface area contributed by atoms with Gasteiger partial charge in [0.1, 0.15) is 12.7 Å². The molecule has 0 bridgehead atoms. The number of alkyl halides is 3. The second kappa shape index (κ2) is 7.25. The zero-order chi connectivity index (χ0) is 15.9. The van der Waals surface area contributed by atoms with E-state index in [1.165, 1.54) is 0 Å². The van der Waals surface area contributed by atoms with E-state index in [-0.39, 0.29) is 12.3 Å². The van der Waals surface area contributed by atoms with Gasteiger partial charge in [-0.05, 0) is 17.7 Å². The summed E-state index contributed by atoms with van der Waals surface area (Å²) in [7, 11) is 0. The van der Waals surface area contributed by atoms with E-state index in [2.05, 4.69) is 15.3 Å². The molecule has 1 aromatic carbocycles. The maximum Gasteiger partial charge on any atom is 0.411 e. The van der Waals surface area contributed by atoms with Crippen molar-refractivity contribution in [3.63, 3.8) is 0 Å². The van der Waals surface area contributed by atoms with Crippen LogP contribution in [-0.4, -0.2) is 24.3 Å². The summed E-state index contributed by atoms with van der Waals surface area (Å²) in [6.07, 6.45) is -4.35. The van der Waals surface area contributed by atoms with Gasteiger partial charge in [-0.1, -0.05) is 12.1 Å². The maximum absolute atomic E-state index is 11.9. The molecule has 1 aromatic rings. The van der Waals surface area contributed by atoms with Crippen LogP contribution < -0.4 is 11.2 Å². The molecule has 0 aliphatic carbocycles. The molecule has 9 heteroatoms. The molecule has 0 fully saturated rings. The molecule has 0 unspecified atom stereocenters. The van der Waals surface area contributed by atoms with Crippen LogP contribution in [0.1, 0.15) is 5.56 Å². The molecule has 0 saturated heterocycles. The summed E-state index contributed by atoms with van der Waals surface area (Å²) in [6.45, 7) is -1.47. The maximum atomic E-state index is 11.9. The standard InChI is InChI=1S/C12H12F3N5O/c13-12(14,15)7-21-6-8-1-3-9(4-2-8)19-20-10(5-16)11(17)18/h1-4,19H,6-7H2,(H3,17,18)/b20-10+. The molecule has 1 rings (SSSR count). The van der Waals surface area contributed by atoms with Crippen molar-refractivity contribution in [2.75, 3.05) is 12.0 Å². The Bertz CT molecular complexity index is 560. The predicted molar refractivity (Wildman–Crippen MR) is 70.7 cm³/mol. The minimum absolute atomic E-state index is 0.167. The van der Waals surface area contributed by atoms with Gasteiger partial charge in [0.25, 0.3) is 0 Å². The number of halogens is 3. The number of rotatable bonds is 6. The van der Waals surface area contributed by atoms with Gasteiger partial charge in [0.15, 0.2) is 5.84 Å². The zero-order valence-electron chi connectivity index (χ0n) is 10.7. The second-order valence-corrected chi connectivity index (χ2v) is 3.90. The van der Waals surface area contributed by atoms with E-state index in [0.717, 1.165) is 0 Å². The van der Waals surface area contributed by atoms with Gasteiger partial charge in [-0.25, -0.2) is 0 Å². The molecule has 0 heterocycles. The Balaban J connectivity index is 2.55. The highest BCUT2D eigenvalue weighted by Gasteiger charge is 2.27. The molecule has 0 aliphatic heterocycles. The smallest absolute Gasteiger partial charge is 0.382 e. The van der Waals surface area contributed by atoms with Crippen LogP contribution in [-0.2, 0) is 11.3 Å². The fraction of sp³-hybridized carbons (Fsp3) is 0.250. The first-order valence-electron chi connectivity index (χ1n) is 5.63. The number of nitriles is 1. The minimum atomic E-state index is -4.35. The zero-order valence-corrected chi connectivity index (χ0v) is 10.7. The lowest BCUT2D eigenvalue weighted by Crippen LogP contribution is -2.21. The Hall–Kier alpha value is -2.60. The van der Waals surface area contributed by atoms with Crippen molar-refractivity contribution in [1.82, 2.24) is 0 Å². The fourth-order valence-electron chi connectivity index (χ4n) is 1.23. The lowest BCUT2D eigenvalue weighted by Gasteiger charge is -2.08. The van der Waals surface area contributed by atoms with Gasteiger partial charge in [0, 0.05) is 0 Å². The van der Waals surface area contributed by atoms with Gasteiger partial charge < -0.3 is 10.5 Å². The van der Waals surface area contributed by atoms with Crippen LogP contribution in [0.25, 0.3) is 0 Å². The van der Waals surface area contributed by atoms with E-state index in [1.54, 1.807) is 30.3 Å². The summed E-state index contributed by atoms with van der Waals surface area (Å²) >= 11 is 0. The number of nitrogens with two attached hydrogens (primary N) is 1. The summed E-state index contributed by atoms with van der Waals surface area (Å²) in [5, 5.41) is 19.3. The number of hydrogen-bond donors (Lipinski definition) is 3. The van der Waals surface area contributed by atoms with Gasteiger partial charge in [-0.15, -0.1) is 0 Å². The van der Waals surface area contributed by atoms with Crippen molar-refractivity contribution in [1.29, 1.82) is 10.7 Å². The summed E-state index contributed by atoms with van der Waals surface area (Å²) in [6, 6.07) is 7.83. The summed E-state index contributed by atoms with van der Waals surface area (Å²) < 4.78 is 40.2. The van der Waals surface area contributed by atoms with Crippen molar-refractivity contribution < 1.29 is 17.9 Å². The van der Waals surface area contributed by atoms with Crippen LogP contribution in [0.15, 0.2) is 29.4 Å². The number of nitrogens with zero attached hydrogens (tertiary/aromatic N) is 2. The van der Waals surface area contributed by atoms with E-state index in [4.69, 9.17) is 16.4 Å². The lowest BCUT2D eigenvalue weighted by atomic mass is 10.2. The van der Waals surface area contributed by atoms with Gasteiger partial charge >= 0.3 is 6.18 Å². The normalized spacial score (nSPS) is 11.8. The molecule has 0 aromatic heterocycles. The monoisotopic (exact) mass is 299 g/mol. The average molecular weight is 299 g/mol. The fourth-order valence-corrected chi connectivity index (χ4v) is 1.23. The van der Waals surface area contributed by atoms with Crippen molar-refractivity contribution >= 4 is 17.2 Å². The van der Waals surface area contributed by atoms with Crippen LogP contribution in [0.5, 0.6) is 0 Å². The van der Waals surface area contributed by atoms with Crippen molar-refractivity contribution in [2.24, 2.45) is 10.8 Å². The van der Waals surface area contributed by atoms with E-state index >= 15 is 0 Å². The largest absolute Gasteiger partial charge is 0.411 e. The van der Waals surface area contributed by atoms with Crippen molar-refractivity contribution in [3.05, 3.63) is 29.8 Å². The molecule has 0 atom stereocenters. The van der Waals surface area contributed by atoms with E-state index in [1.807, 2.05) is 0 Å². The van der Waals surface area contributed by atoms with Crippen LogP contribution in [0.2, 0.25) is 0 Å². The Kier molecular flexibility index (Phi) is 5.68. The summed E-state index contributed by atoms with van der Waals surface area (Å²) in [5.41, 5.74) is 8.39. The summed E-state index contributed by atoms with van der Waals surface area (Å²) in [5.74, 6) is -0.470. The number of ether oxygens (including phenoxy) is 1. The highest BCUT2D eigenvalue weighted by atomic mass is 19.4. The van der Waals surface area contributed by atoms with Gasteiger partial charge in [0.2, 0.25) is 5.71 Å². The topological polar surface area (TPSA) is 107 Å². The van der Waals surface area contributed by atoms with E-state index in [0.29, 0.717) is 11.3 Å². The molecular weight excluding hydrogens is 287 g/mol. The highest BCUT2D eigenvalue weighted by Crippen LogP contribution is 2.16. The van der Waals surface area contributed by atoms with Crippen LogP contribution in [0.3, 0.4) is 0 Å². The first-order chi connectivity index (χ1) is 9.81. The molecule has 21 heavy (non-hydrogen) atoms. The number of hydrogen-bond acceptors (Lipinski definition) is 5. The van der Waals surface area contributed by atoms with Gasteiger partial charge in [0.05, 0.1) is 12.3 Å². The predicted octanol–water partition coefficient (Wildman–Crippen LogP) is 1.99. The van der Waals surface area contributed by atoms with E-state index < -0.39 is 18.6 Å². The Morgan fingerprint density at radius 3 is 2.48 bits per heavy atom. The quantitative estimate of drug-likeness (QED) is 0.424. The molecule has 0 aliphatic rings. The van der Waals surface area contributed by atoms with Crippen molar-refractivity contribution in [3.8, 4) is 6.07 Å². The lowest BCUT2D eigenvalue weighted by molar-refractivity contribution is -0.176. The molecule has 0 radical (unpaired) electrons. The molecule has 0 spiro atoms. The summed E-state index contributed by atoms with van der Waals surface area (Å²) in [4.78, 5) is 0. The van der Waals surface area contributed by atoms with Gasteiger partial charge in [-0.3, -0.25) is 10.8 Å². The molecule has 112 valence electrons. The minimum Gasteiger partial charge on any atom is -0.382 e. The second-order valence-electron chi connectivity index (χ2n) is 3.90. The Morgan fingerprint density at radius 1 is 1.38 bits per heavy atom. The molecule has 6 nitrogen and oxygen atoms in total. The molecule has 0 amide bonds. The third-order valence-electron chi connectivity index (χ3n) is 2.15. The van der Waals surface area contributed by atoms with Crippen molar-refractivity contribution in [2.45, 2.75) is 12.8 Å². The number of nitrogens with one attached hydrogen (secondary N) is 2. The van der Waals surface area contributed by atoms with Crippen LogP contribution >= 0.6 is 0 Å². The third kappa shape index (κ3) is 6.40. The average Bonchev–Trinajstić information content (AvgIpc) is 2.39. The Labute approximate surface area is 118 Å². The molecule has 0 saturated carbocycles. The Morgan fingerprint density at radius 2 is 2.00 bits per heavy atom. The third-order valence-corrected chi connectivity index (χ3v) is 2.15. The first-order valence-corrected chi connectivity index (χ1v) is 5.63. The number of amidine groups is 1.